The van der Waals surface area contributed by atoms with Crippen molar-refractivity contribution in [3.63, 3.8) is 0 Å². The lowest BCUT2D eigenvalue weighted by Crippen LogP contribution is -2.19. The molecule has 0 saturated carbocycles. The van der Waals surface area contributed by atoms with Crippen LogP contribution in [0.5, 0.6) is 0 Å². The van der Waals surface area contributed by atoms with E-state index in [0.717, 1.165) is 37.7 Å². The molecule has 3 aromatic rings. The smallest absolute Gasteiger partial charge is 0.154 e. The summed E-state index contributed by atoms with van der Waals surface area (Å²) in [5.41, 5.74) is 6.97. The maximum atomic E-state index is 4.79. The molecule has 1 N–H and O–H groups in total. The third-order valence-electron chi connectivity index (χ3n) is 3.52. The second kappa shape index (κ2) is 6.10. The number of hydrazone groups is 1. The monoisotopic (exact) mass is 381 g/mol. The third kappa shape index (κ3) is 2.85. The summed E-state index contributed by atoms with van der Waals surface area (Å²) in [6.45, 7) is 0. The molecule has 1 aliphatic rings. The molecule has 3 nitrogen and oxygen atoms in total. The minimum atomic E-state index is 0.751. The van der Waals surface area contributed by atoms with Gasteiger partial charge in [-0.1, -0.05) is 52.3 Å². The quantitative estimate of drug-likeness (QED) is 0.669. The van der Waals surface area contributed by atoms with Crippen molar-refractivity contribution in [3.05, 3.63) is 86.5 Å². The molecule has 0 unspecified atom stereocenters. The van der Waals surface area contributed by atoms with Crippen LogP contribution in [0.2, 0.25) is 0 Å². The second-order valence-electron chi connectivity index (χ2n) is 5.04. The van der Waals surface area contributed by atoms with E-state index in [1.54, 1.807) is 11.3 Å². The fourth-order valence-electron chi connectivity index (χ4n) is 2.44. The summed E-state index contributed by atoms with van der Waals surface area (Å²) in [6, 6.07) is 20.2. The Morgan fingerprint density at radius 1 is 0.957 bits per heavy atom. The van der Waals surface area contributed by atoms with Crippen LogP contribution in [0, 0.1) is 0 Å². The minimum Gasteiger partial charge on any atom is -0.260 e. The van der Waals surface area contributed by atoms with Gasteiger partial charge in [-0.3, -0.25) is 5.43 Å². The van der Waals surface area contributed by atoms with Gasteiger partial charge in [0.15, 0.2) is 5.84 Å². The predicted molar refractivity (Wildman–Crippen MR) is 99.9 cm³/mol. The van der Waals surface area contributed by atoms with E-state index >= 15 is 0 Å². The van der Waals surface area contributed by atoms with Crippen molar-refractivity contribution >= 4 is 44.5 Å². The van der Waals surface area contributed by atoms with Gasteiger partial charge in [0.2, 0.25) is 0 Å². The Morgan fingerprint density at radius 2 is 1.83 bits per heavy atom. The molecular formula is C18H12BrN3S. The van der Waals surface area contributed by atoms with E-state index < -0.39 is 0 Å². The lowest BCUT2D eigenvalue weighted by molar-refractivity contribution is 1.03. The number of nitrogens with zero attached hydrogens (tertiary/aromatic N) is 2. The molecule has 0 bridgehead atoms. The zero-order valence-corrected chi connectivity index (χ0v) is 14.4. The zero-order valence-electron chi connectivity index (χ0n) is 12.0. The molecule has 0 amide bonds. The van der Waals surface area contributed by atoms with Crippen LogP contribution in [-0.2, 0) is 0 Å². The van der Waals surface area contributed by atoms with Gasteiger partial charge in [-0.25, -0.2) is 4.99 Å². The molecule has 0 saturated heterocycles. The summed E-state index contributed by atoms with van der Waals surface area (Å²) in [7, 11) is 0. The Bertz CT molecular complexity index is 899. The molecule has 2 heterocycles. The molecule has 0 radical (unpaired) electrons. The maximum absolute atomic E-state index is 4.79. The van der Waals surface area contributed by atoms with Crippen LogP contribution in [0.3, 0.4) is 0 Å². The van der Waals surface area contributed by atoms with Crippen LogP contribution in [0.4, 0.5) is 5.69 Å². The van der Waals surface area contributed by atoms with Gasteiger partial charge in [-0.05, 0) is 29.6 Å². The Labute approximate surface area is 146 Å². The maximum Gasteiger partial charge on any atom is 0.154 e. The highest BCUT2D eigenvalue weighted by Crippen LogP contribution is 2.29. The lowest BCUT2D eigenvalue weighted by atomic mass is 10.1. The lowest BCUT2D eigenvalue weighted by Gasteiger charge is -2.05. The molecule has 23 heavy (non-hydrogen) atoms. The van der Waals surface area contributed by atoms with Gasteiger partial charge in [-0.15, -0.1) is 11.3 Å². The first-order chi connectivity index (χ1) is 11.3. The van der Waals surface area contributed by atoms with E-state index in [-0.39, 0.29) is 0 Å². The molecule has 1 aromatic heterocycles. The Balaban J connectivity index is 1.89. The first-order valence-corrected chi connectivity index (χ1v) is 8.80. The number of aliphatic imine (C=N–C) groups is 1. The number of rotatable bonds is 2. The van der Waals surface area contributed by atoms with Crippen molar-refractivity contribution in [1.29, 1.82) is 0 Å². The highest BCUT2D eigenvalue weighted by molar-refractivity contribution is 9.10. The van der Waals surface area contributed by atoms with Gasteiger partial charge in [0.1, 0.15) is 5.71 Å². The number of hydrogen-bond acceptors (Lipinski definition) is 4. The summed E-state index contributed by atoms with van der Waals surface area (Å²) in [4.78, 5) is 5.90. The van der Waals surface area contributed by atoms with Crippen molar-refractivity contribution in [2.24, 2.45) is 10.1 Å². The highest BCUT2D eigenvalue weighted by Gasteiger charge is 2.18. The van der Waals surface area contributed by atoms with Crippen molar-refractivity contribution in [3.8, 4) is 0 Å². The molecule has 1 aliphatic heterocycles. The van der Waals surface area contributed by atoms with E-state index in [1.807, 2.05) is 48.5 Å². The van der Waals surface area contributed by atoms with Gasteiger partial charge >= 0.3 is 0 Å². The van der Waals surface area contributed by atoms with Crippen LogP contribution >= 0.6 is 27.3 Å². The number of hydrogen-bond donors (Lipinski definition) is 1. The Morgan fingerprint density at radius 3 is 2.61 bits per heavy atom. The summed E-state index contributed by atoms with van der Waals surface area (Å²) in [5, 5.41) is 6.69. The number of thiophene rings is 1. The Hall–Kier alpha value is -2.24. The summed E-state index contributed by atoms with van der Waals surface area (Å²) in [6.07, 6.45) is 0. The van der Waals surface area contributed by atoms with Gasteiger partial charge in [0.05, 0.1) is 10.6 Å². The average molecular weight is 382 g/mol. The first kappa shape index (κ1) is 14.4. The van der Waals surface area contributed by atoms with Gasteiger partial charge in [0.25, 0.3) is 0 Å². The van der Waals surface area contributed by atoms with Crippen LogP contribution in [0.1, 0.15) is 16.0 Å². The largest absolute Gasteiger partial charge is 0.260 e. The third-order valence-corrected chi connectivity index (χ3v) is 4.89. The van der Waals surface area contributed by atoms with E-state index in [2.05, 4.69) is 44.0 Å². The summed E-state index contributed by atoms with van der Waals surface area (Å²) < 4.78 is 1.01. The summed E-state index contributed by atoms with van der Waals surface area (Å²) in [5.74, 6) is 0.751. The number of nitrogens with one attached hydrogen (secondary N) is 1. The van der Waals surface area contributed by atoms with Crippen molar-refractivity contribution < 1.29 is 0 Å². The minimum absolute atomic E-state index is 0.751. The molecular weight excluding hydrogens is 370 g/mol. The van der Waals surface area contributed by atoms with Gasteiger partial charge in [-0.2, -0.15) is 5.10 Å². The average Bonchev–Trinajstić information content (AvgIpc) is 3.04. The summed E-state index contributed by atoms with van der Waals surface area (Å²) >= 11 is 5.21. The molecule has 0 spiro atoms. The molecule has 0 fully saturated rings. The zero-order chi connectivity index (χ0) is 15.6. The number of fused-ring (bicyclic) bond motifs is 1. The fourth-order valence-corrected chi connectivity index (χ4v) is 3.53. The second-order valence-corrected chi connectivity index (χ2v) is 6.90. The van der Waals surface area contributed by atoms with Gasteiger partial charge < -0.3 is 0 Å². The normalized spacial score (nSPS) is 13.4. The number of benzene rings is 2. The van der Waals surface area contributed by atoms with Crippen LogP contribution < -0.4 is 5.43 Å². The van der Waals surface area contributed by atoms with Crippen molar-refractivity contribution in [2.45, 2.75) is 0 Å². The van der Waals surface area contributed by atoms with Crippen LogP contribution in [0.25, 0.3) is 0 Å². The molecule has 0 aliphatic carbocycles. The molecule has 5 heteroatoms. The molecule has 112 valence electrons. The topological polar surface area (TPSA) is 36.8 Å². The Kier molecular flexibility index (Phi) is 3.81. The van der Waals surface area contributed by atoms with Crippen molar-refractivity contribution in [2.75, 3.05) is 0 Å². The predicted octanol–water partition coefficient (Wildman–Crippen LogP) is 4.94. The van der Waals surface area contributed by atoms with E-state index in [4.69, 9.17) is 4.99 Å². The highest BCUT2D eigenvalue weighted by atomic mass is 79.9. The molecule has 2 aromatic carbocycles. The molecule has 0 atom stereocenters. The van der Waals surface area contributed by atoms with E-state index in [0.29, 0.717) is 0 Å². The number of amidine groups is 1. The van der Waals surface area contributed by atoms with Crippen LogP contribution in [-0.4, -0.2) is 11.5 Å². The fraction of sp³-hybridized carbons (Fsp3) is 0. The SMILES string of the molecule is Brc1ccc2c(c1)C(c1cccs1)=NNC(c1ccccc1)=N2. The van der Waals surface area contributed by atoms with Crippen molar-refractivity contribution in [1.82, 2.24) is 5.43 Å². The molecule has 4 rings (SSSR count). The standard InChI is InChI=1S/C18H12BrN3S/c19-13-8-9-15-14(11-13)17(16-7-4-10-23-16)21-22-18(20-15)12-5-2-1-3-6-12/h1-11H,(H,20,22). The first-order valence-electron chi connectivity index (χ1n) is 7.13. The number of halogens is 1. The van der Waals surface area contributed by atoms with E-state index in [9.17, 15) is 0 Å². The van der Waals surface area contributed by atoms with Gasteiger partial charge in [0, 0.05) is 15.6 Å². The van der Waals surface area contributed by atoms with E-state index in [1.165, 1.54) is 0 Å². The van der Waals surface area contributed by atoms with Crippen LogP contribution in [0.15, 0.2) is 80.6 Å².